The zero-order chi connectivity index (χ0) is 22.5. The van der Waals surface area contributed by atoms with Gasteiger partial charge in [0.2, 0.25) is 0 Å². The van der Waals surface area contributed by atoms with E-state index in [1.54, 1.807) is 17.3 Å². The largest absolute Gasteiger partial charge is 0.360 e. The maximum Gasteiger partial charge on any atom is 0.0864 e. The van der Waals surface area contributed by atoms with Gasteiger partial charge in [0.15, 0.2) is 0 Å². The standard InChI is InChI=1S/C22H24.C9H8N2/c1-2-3-8-18-15-17-10-5-6-11-19(17)21-14-13-16-9-4-7-12-20(16)22(18)21;1-2-5-9-8(4-1)10-6-3-7-11-9/h5-6,9-11,13-15,18H,2-4,7-8,12H2,1H3;1-7,10H. The van der Waals surface area contributed by atoms with Crippen molar-refractivity contribution in [3.63, 3.8) is 0 Å². The maximum atomic E-state index is 4.21. The molecule has 2 aliphatic carbocycles. The van der Waals surface area contributed by atoms with Crippen molar-refractivity contribution in [1.29, 1.82) is 0 Å². The summed E-state index contributed by atoms with van der Waals surface area (Å²) >= 11 is 0. The summed E-state index contributed by atoms with van der Waals surface area (Å²) in [5.74, 6) is 0.603. The number of allylic oxidation sites excluding steroid dienone is 1. The third-order valence-corrected chi connectivity index (χ3v) is 6.80. The Morgan fingerprint density at radius 2 is 1.82 bits per heavy atom. The van der Waals surface area contributed by atoms with Crippen LogP contribution >= 0.6 is 0 Å². The molecular weight excluding hydrogens is 400 g/mol. The number of para-hydroxylation sites is 2. The molecule has 1 unspecified atom stereocenters. The summed E-state index contributed by atoms with van der Waals surface area (Å²) in [6.07, 6.45) is 18.2. The second-order valence-electron chi connectivity index (χ2n) is 8.99. The highest BCUT2D eigenvalue weighted by molar-refractivity contribution is 5.81. The summed E-state index contributed by atoms with van der Waals surface area (Å²) in [6, 6.07) is 21.6. The minimum absolute atomic E-state index is 0.603. The molecule has 0 radical (unpaired) electrons. The van der Waals surface area contributed by atoms with Gasteiger partial charge in [-0.2, -0.15) is 0 Å². The number of nitrogens with zero attached hydrogens (tertiary/aromatic N) is 1. The van der Waals surface area contributed by atoms with Crippen LogP contribution in [0.3, 0.4) is 0 Å². The van der Waals surface area contributed by atoms with E-state index in [9.17, 15) is 0 Å². The van der Waals surface area contributed by atoms with Crippen molar-refractivity contribution < 1.29 is 0 Å². The first-order valence-electron chi connectivity index (χ1n) is 12.3. The molecule has 0 spiro atoms. The van der Waals surface area contributed by atoms with Crippen molar-refractivity contribution in [2.24, 2.45) is 4.99 Å². The molecule has 1 aliphatic heterocycles. The molecule has 6 rings (SSSR count). The lowest BCUT2D eigenvalue weighted by Gasteiger charge is -2.23. The van der Waals surface area contributed by atoms with Gasteiger partial charge in [0.25, 0.3) is 0 Å². The zero-order valence-electron chi connectivity index (χ0n) is 19.4. The molecule has 1 heterocycles. The van der Waals surface area contributed by atoms with E-state index in [-0.39, 0.29) is 0 Å². The minimum atomic E-state index is 0.603. The summed E-state index contributed by atoms with van der Waals surface area (Å²) in [4.78, 5) is 4.21. The first kappa shape index (κ1) is 21.5. The van der Waals surface area contributed by atoms with Crippen LogP contribution in [0.1, 0.15) is 56.1 Å². The minimum Gasteiger partial charge on any atom is -0.360 e. The van der Waals surface area contributed by atoms with Crippen molar-refractivity contribution >= 4 is 29.7 Å². The number of hydrogen-bond donors (Lipinski definition) is 1. The number of nitrogens with one attached hydrogen (secondary N) is 1. The smallest absolute Gasteiger partial charge is 0.0864 e. The highest BCUT2D eigenvalue weighted by Gasteiger charge is 2.19. The monoisotopic (exact) mass is 432 g/mol. The lowest BCUT2D eigenvalue weighted by atomic mass is 9.81. The topological polar surface area (TPSA) is 24.4 Å². The van der Waals surface area contributed by atoms with Gasteiger partial charge in [-0.3, -0.25) is 4.99 Å². The Bertz CT molecular complexity index is 1410. The summed E-state index contributed by atoms with van der Waals surface area (Å²) in [7, 11) is 0. The van der Waals surface area contributed by atoms with E-state index in [1.807, 2.05) is 36.5 Å². The van der Waals surface area contributed by atoms with Crippen molar-refractivity contribution in [3.05, 3.63) is 105 Å². The Labute approximate surface area is 196 Å². The van der Waals surface area contributed by atoms with Gasteiger partial charge < -0.3 is 5.32 Å². The maximum absolute atomic E-state index is 4.21. The average Bonchev–Trinajstić information content (AvgIpc) is 3.13. The predicted molar refractivity (Wildman–Crippen MR) is 141 cm³/mol. The molecule has 166 valence electrons. The number of benzene rings is 3. The molecule has 0 aromatic heterocycles. The van der Waals surface area contributed by atoms with Crippen molar-refractivity contribution in [3.8, 4) is 0 Å². The third kappa shape index (κ3) is 4.57. The lowest BCUT2D eigenvalue weighted by molar-refractivity contribution is 0.667. The Kier molecular flexibility index (Phi) is 6.53. The molecule has 2 heteroatoms. The van der Waals surface area contributed by atoms with Crippen LogP contribution in [0.5, 0.6) is 0 Å². The quantitative estimate of drug-likeness (QED) is 0.503. The molecule has 3 aliphatic rings. The second kappa shape index (κ2) is 10.0. The molecule has 0 fully saturated rings. The van der Waals surface area contributed by atoms with Crippen molar-refractivity contribution in [1.82, 2.24) is 0 Å². The summed E-state index contributed by atoms with van der Waals surface area (Å²) in [5.41, 5.74) is 5.31. The van der Waals surface area contributed by atoms with Crippen LogP contribution in [0.25, 0.3) is 12.2 Å². The molecule has 0 amide bonds. The Hall–Kier alpha value is -3.39. The van der Waals surface area contributed by atoms with E-state index in [0.29, 0.717) is 5.92 Å². The molecule has 0 saturated carbocycles. The summed E-state index contributed by atoms with van der Waals surface area (Å²) in [6.45, 7) is 2.30. The fourth-order valence-corrected chi connectivity index (χ4v) is 5.20. The first-order valence-corrected chi connectivity index (χ1v) is 12.3. The van der Waals surface area contributed by atoms with Gasteiger partial charge in [0.05, 0.1) is 11.4 Å². The van der Waals surface area contributed by atoms with Gasteiger partial charge >= 0.3 is 0 Å². The van der Waals surface area contributed by atoms with Crippen LogP contribution in [-0.4, -0.2) is 6.21 Å². The van der Waals surface area contributed by atoms with Gasteiger partial charge in [-0.1, -0.05) is 80.4 Å². The number of hydrogen-bond acceptors (Lipinski definition) is 2. The Morgan fingerprint density at radius 1 is 0.939 bits per heavy atom. The number of anilines is 1. The van der Waals surface area contributed by atoms with Crippen molar-refractivity contribution in [2.75, 3.05) is 5.32 Å². The molecular formula is C31H32N2. The van der Waals surface area contributed by atoms with Crippen LogP contribution in [0, 0.1) is 10.4 Å². The van der Waals surface area contributed by atoms with Gasteiger partial charge in [-0.05, 0) is 75.9 Å². The Balaban J connectivity index is 0.000000174. The fraction of sp³-hybridized carbons (Fsp3) is 0.258. The third-order valence-electron chi connectivity index (χ3n) is 6.80. The SMILES string of the molecule is C1=CNc2ccccc2N=C1.CCCCC1C=c2ccccc2=c2ccc3c(c21)CCCC=3. The van der Waals surface area contributed by atoms with Crippen molar-refractivity contribution in [2.45, 2.75) is 51.4 Å². The van der Waals surface area contributed by atoms with Gasteiger partial charge in [0.1, 0.15) is 0 Å². The second-order valence-corrected chi connectivity index (χ2v) is 8.99. The van der Waals surface area contributed by atoms with Gasteiger partial charge in [-0.25, -0.2) is 0 Å². The Morgan fingerprint density at radius 3 is 2.76 bits per heavy atom. The highest BCUT2D eigenvalue weighted by atomic mass is 14.9. The number of aliphatic imine (C=N–C) groups is 1. The first-order chi connectivity index (χ1) is 16.3. The summed E-state index contributed by atoms with van der Waals surface area (Å²) in [5, 5.41) is 8.97. The zero-order valence-corrected chi connectivity index (χ0v) is 19.4. The molecule has 3 aromatic rings. The van der Waals surface area contributed by atoms with E-state index in [2.05, 4.69) is 65.8 Å². The molecule has 3 aromatic carbocycles. The van der Waals surface area contributed by atoms with Gasteiger partial charge in [0, 0.05) is 18.3 Å². The normalized spacial score (nSPS) is 16.8. The number of fused-ring (bicyclic) bond motifs is 5. The molecule has 0 bridgehead atoms. The lowest BCUT2D eigenvalue weighted by Crippen LogP contribution is -2.22. The highest BCUT2D eigenvalue weighted by Crippen LogP contribution is 2.30. The number of rotatable bonds is 3. The van der Waals surface area contributed by atoms with Crippen LogP contribution in [-0.2, 0) is 6.42 Å². The average molecular weight is 433 g/mol. The van der Waals surface area contributed by atoms with Gasteiger partial charge in [-0.15, -0.1) is 0 Å². The van der Waals surface area contributed by atoms with Crippen LogP contribution in [0.15, 0.2) is 77.9 Å². The van der Waals surface area contributed by atoms with Crippen LogP contribution in [0.4, 0.5) is 11.4 Å². The molecule has 0 saturated heterocycles. The van der Waals surface area contributed by atoms with E-state index >= 15 is 0 Å². The van der Waals surface area contributed by atoms with E-state index < -0.39 is 0 Å². The van der Waals surface area contributed by atoms with E-state index in [1.165, 1.54) is 59.4 Å². The van der Waals surface area contributed by atoms with E-state index in [0.717, 1.165) is 11.4 Å². The molecule has 33 heavy (non-hydrogen) atoms. The van der Waals surface area contributed by atoms with E-state index in [4.69, 9.17) is 0 Å². The molecule has 1 N–H and O–H groups in total. The number of unbranched alkanes of at least 4 members (excludes halogenated alkanes) is 1. The van der Waals surface area contributed by atoms with Crippen LogP contribution in [0.2, 0.25) is 0 Å². The predicted octanol–water partition coefficient (Wildman–Crippen LogP) is 6.49. The molecule has 2 nitrogen and oxygen atoms in total. The fourth-order valence-electron chi connectivity index (χ4n) is 5.20. The summed E-state index contributed by atoms with van der Waals surface area (Å²) < 4.78 is 0. The van der Waals surface area contributed by atoms with Crippen LogP contribution < -0.4 is 15.8 Å². The molecule has 1 atom stereocenters.